The van der Waals surface area contributed by atoms with Gasteiger partial charge in [0.05, 0.1) is 13.3 Å². The lowest BCUT2D eigenvalue weighted by atomic mass is 10.2. The van der Waals surface area contributed by atoms with Gasteiger partial charge < -0.3 is 15.0 Å². The molecule has 0 saturated heterocycles. The zero-order chi connectivity index (χ0) is 11.7. The van der Waals surface area contributed by atoms with Crippen LogP contribution in [0.5, 0.6) is 0 Å². The summed E-state index contributed by atoms with van der Waals surface area (Å²) < 4.78 is 10.9. The Hall–Kier alpha value is -2.31. The van der Waals surface area contributed by atoms with Crippen LogP contribution < -0.4 is 5.73 Å². The number of carbonyl (C=O) groups is 1. The SMILES string of the molecule is COC(=O)c1cnn(C)c1-c1cc(N)on1. The molecule has 2 N–H and O–H groups in total. The largest absolute Gasteiger partial charge is 0.465 e. The third kappa shape index (κ3) is 1.52. The van der Waals surface area contributed by atoms with E-state index in [1.54, 1.807) is 7.05 Å². The molecule has 0 saturated carbocycles. The van der Waals surface area contributed by atoms with Gasteiger partial charge >= 0.3 is 5.97 Å². The minimum Gasteiger partial charge on any atom is -0.465 e. The summed E-state index contributed by atoms with van der Waals surface area (Å²) in [6.45, 7) is 0. The number of nitrogens with zero attached hydrogens (tertiary/aromatic N) is 3. The van der Waals surface area contributed by atoms with Crippen LogP contribution in [-0.4, -0.2) is 28.0 Å². The molecule has 0 radical (unpaired) electrons. The normalized spacial score (nSPS) is 10.4. The van der Waals surface area contributed by atoms with Crippen LogP contribution in [0, 0.1) is 0 Å². The summed E-state index contributed by atoms with van der Waals surface area (Å²) in [6, 6.07) is 1.52. The third-order valence-corrected chi connectivity index (χ3v) is 2.12. The number of rotatable bonds is 2. The fraction of sp³-hybridized carbons (Fsp3) is 0.222. The molecular formula is C9H10N4O3. The summed E-state index contributed by atoms with van der Waals surface area (Å²) in [5, 5.41) is 7.69. The van der Waals surface area contributed by atoms with Crippen molar-refractivity contribution in [2.24, 2.45) is 7.05 Å². The number of esters is 1. The fourth-order valence-corrected chi connectivity index (χ4v) is 1.40. The van der Waals surface area contributed by atoms with Gasteiger partial charge in [0, 0.05) is 13.1 Å². The molecule has 2 aromatic rings. The molecule has 0 bridgehead atoms. The number of aryl methyl sites for hydroxylation is 1. The minimum atomic E-state index is -0.482. The van der Waals surface area contributed by atoms with Crippen molar-refractivity contribution < 1.29 is 14.1 Å². The van der Waals surface area contributed by atoms with Crippen molar-refractivity contribution in [2.75, 3.05) is 12.8 Å². The topological polar surface area (TPSA) is 96.2 Å². The summed E-state index contributed by atoms with van der Waals surface area (Å²) >= 11 is 0. The number of hydrogen-bond donors (Lipinski definition) is 1. The molecule has 2 heterocycles. The molecule has 16 heavy (non-hydrogen) atoms. The number of aromatic nitrogens is 3. The van der Waals surface area contributed by atoms with Crippen LogP contribution in [0.2, 0.25) is 0 Å². The number of ether oxygens (including phenoxy) is 1. The summed E-state index contributed by atoms with van der Waals surface area (Å²) in [6.07, 6.45) is 1.41. The molecule has 7 heteroatoms. The molecule has 0 aliphatic carbocycles. The van der Waals surface area contributed by atoms with E-state index in [1.807, 2.05) is 0 Å². The van der Waals surface area contributed by atoms with Crippen LogP contribution in [-0.2, 0) is 11.8 Å². The predicted molar refractivity (Wildman–Crippen MR) is 54.5 cm³/mol. The Bertz CT molecular complexity index is 529. The second-order valence-electron chi connectivity index (χ2n) is 3.14. The van der Waals surface area contributed by atoms with Gasteiger partial charge in [0.2, 0.25) is 5.88 Å². The lowest BCUT2D eigenvalue weighted by Crippen LogP contribution is -2.03. The highest BCUT2D eigenvalue weighted by Crippen LogP contribution is 2.23. The first-order chi connectivity index (χ1) is 7.63. The second kappa shape index (κ2) is 3.69. The fourth-order valence-electron chi connectivity index (χ4n) is 1.40. The van der Waals surface area contributed by atoms with Crippen molar-refractivity contribution in [2.45, 2.75) is 0 Å². The molecule has 0 fully saturated rings. The summed E-state index contributed by atoms with van der Waals surface area (Å²) in [4.78, 5) is 11.5. The van der Waals surface area contributed by atoms with Crippen LogP contribution in [0.15, 0.2) is 16.8 Å². The summed E-state index contributed by atoms with van der Waals surface area (Å²) in [7, 11) is 2.99. The average molecular weight is 222 g/mol. The van der Waals surface area contributed by atoms with Gasteiger partial charge in [0.1, 0.15) is 17.0 Å². The number of nitrogens with two attached hydrogens (primary N) is 1. The molecule has 0 spiro atoms. The predicted octanol–water partition coefficient (Wildman–Crippen LogP) is 0.444. The molecule has 0 unspecified atom stereocenters. The van der Waals surface area contributed by atoms with Crippen LogP contribution >= 0.6 is 0 Å². The van der Waals surface area contributed by atoms with Gasteiger partial charge in [0.15, 0.2) is 0 Å². The van der Waals surface area contributed by atoms with E-state index >= 15 is 0 Å². The zero-order valence-corrected chi connectivity index (χ0v) is 8.80. The summed E-state index contributed by atoms with van der Waals surface area (Å²) in [5.41, 5.74) is 6.69. The molecule has 0 amide bonds. The highest BCUT2D eigenvalue weighted by atomic mass is 16.5. The first kappa shape index (κ1) is 10.2. The Balaban J connectivity index is 2.55. The van der Waals surface area contributed by atoms with E-state index in [1.165, 1.54) is 24.1 Å². The molecule has 0 atom stereocenters. The number of hydrogen-bond acceptors (Lipinski definition) is 6. The van der Waals surface area contributed by atoms with Crippen LogP contribution in [0.25, 0.3) is 11.4 Å². The first-order valence-electron chi connectivity index (χ1n) is 4.46. The van der Waals surface area contributed by atoms with Gasteiger partial charge in [0.25, 0.3) is 0 Å². The van der Waals surface area contributed by atoms with Gasteiger partial charge in [-0.05, 0) is 0 Å². The number of carbonyl (C=O) groups excluding carboxylic acids is 1. The smallest absolute Gasteiger partial charge is 0.341 e. The maximum Gasteiger partial charge on any atom is 0.341 e. The Morgan fingerprint density at radius 3 is 2.94 bits per heavy atom. The van der Waals surface area contributed by atoms with Crippen molar-refractivity contribution in [3.8, 4) is 11.4 Å². The first-order valence-corrected chi connectivity index (χ1v) is 4.46. The average Bonchev–Trinajstić information content (AvgIpc) is 2.83. The summed E-state index contributed by atoms with van der Waals surface area (Å²) in [5.74, 6) is -0.309. The molecule has 0 aromatic carbocycles. The minimum absolute atomic E-state index is 0.173. The number of anilines is 1. The van der Waals surface area contributed by atoms with Crippen molar-refractivity contribution in [1.29, 1.82) is 0 Å². The van der Waals surface area contributed by atoms with E-state index in [2.05, 4.69) is 15.0 Å². The molecule has 7 nitrogen and oxygen atoms in total. The lowest BCUT2D eigenvalue weighted by Gasteiger charge is -2.00. The maximum atomic E-state index is 11.5. The van der Waals surface area contributed by atoms with Crippen molar-refractivity contribution in [3.05, 3.63) is 17.8 Å². The maximum absolute atomic E-state index is 11.5. The van der Waals surface area contributed by atoms with E-state index in [0.717, 1.165) is 0 Å². The zero-order valence-electron chi connectivity index (χ0n) is 8.80. The van der Waals surface area contributed by atoms with Crippen LogP contribution in [0.1, 0.15) is 10.4 Å². The van der Waals surface area contributed by atoms with E-state index < -0.39 is 5.97 Å². The lowest BCUT2D eigenvalue weighted by molar-refractivity contribution is 0.0601. The Labute approximate surface area is 90.8 Å². The van der Waals surface area contributed by atoms with Crippen molar-refractivity contribution >= 4 is 11.9 Å². The molecule has 2 rings (SSSR count). The molecule has 84 valence electrons. The Kier molecular flexibility index (Phi) is 2.35. The quantitative estimate of drug-likeness (QED) is 0.741. The van der Waals surface area contributed by atoms with E-state index in [9.17, 15) is 4.79 Å². The van der Waals surface area contributed by atoms with Gasteiger partial charge in [-0.2, -0.15) is 5.10 Å². The van der Waals surface area contributed by atoms with Gasteiger partial charge in [-0.3, -0.25) is 4.68 Å². The second-order valence-corrected chi connectivity index (χ2v) is 3.14. The van der Waals surface area contributed by atoms with E-state index in [4.69, 9.17) is 10.3 Å². The van der Waals surface area contributed by atoms with Crippen LogP contribution in [0.3, 0.4) is 0 Å². The third-order valence-electron chi connectivity index (χ3n) is 2.12. The number of nitrogen functional groups attached to an aromatic ring is 1. The molecular weight excluding hydrogens is 212 g/mol. The highest BCUT2D eigenvalue weighted by Gasteiger charge is 2.20. The van der Waals surface area contributed by atoms with Crippen LogP contribution in [0.4, 0.5) is 5.88 Å². The van der Waals surface area contributed by atoms with Crippen molar-refractivity contribution in [1.82, 2.24) is 14.9 Å². The van der Waals surface area contributed by atoms with E-state index in [-0.39, 0.29) is 5.88 Å². The standard InChI is InChI=1S/C9H10N4O3/c1-13-8(6-3-7(10)16-12-6)5(4-11-13)9(14)15-2/h3-4H,10H2,1-2H3. The van der Waals surface area contributed by atoms with Gasteiger partial charge in [-0.1, -0.05) is 5.16 Å². The van der Waals surface area contributed by atoms with Gasteiger partial charge in [-0.15, -0.1) is 0 Å². The monoisotopic (exact) mass is 222 g/mol. The van der Waals surface area contributed by atoms with Gasteiger partial charge in [-0.25, -0.2) is 4.79 Å². The Morgan fingerprint density at radius 2 is 2.38 bits per heavy atom. The molecule has 2 aromatic heterocycles. The Morgan fingerprint density at radius 1 is 1.62 bits per heavy atom. The molecule has 0 aliphatic rings. The van der Waals surface area contributed by atoms with Crippen molar-refractivity contribution in [3.63, 3.8) is 0 Å². The molecule has 0 aliphatic heterocycles. The number of methoxy groups -OCH3 is 1. The highest BCUT2D eigenvalue weighted by molar-refractivity contribution is 5.95. The van der Waals surface area contributed by atoms with E-state index in [0.29, 0.717) is 17.0 Å².